The summed E-state index contributed by atoms with van der Waals surface area (Å²) in [5, 5.41) is 14.1. The quantitative estimate of drug-likeness (QED) is 0.325. The molecule has 0 fully saturated rings. The van der Waals surface area contributed by atoms with Crippen molar-refractivity contribution in [2.45, 2.75) is 33.7 Å². The van der Waals surface area contributed by atoms with Crippen molar-refractivity contribution in [3.05, 3.63) is 59.2 Å². The van der Waals surface area contributed by atoms with Crippen molar-refractivity contribution in [2.24, 2.45) is 0 Å². The van der Waals surface area contributed by atoms with Crippen molar-refractivity contribution in [3.8, 4) is 28.8 Å². The molecule has 0 radical (unpaired) electrons. The highest BCUT2D eigenvalue weighted by atomic mass is 16.6. The lowest BCUT2D eigenvalue weighted by Gasteiger charge is -2.12. The summed E-state index contributed by atoms with van der Waals surface area (Å²) >= 11 is 0. The summed E-state index contributed by atoms with van der Waals surface area (Å²) in [5.74, 6) is 1.39. The van der Waals surface area contributed by atoms with Crippen LogP contribution in [0.1, 0.15) is 47.3 Å². The lowest BCUT2D eigenvalue weighted by molar-refractivity contribution is 0.0731. The van der Waals surface area contributed by atoms with Crippen LogP contribution in [-0.4, -0.2) is 27.8 Å². The molecule has 0 aliphatic rings. The highest BCUT2D eigenvalue weighted by Gasteiger charge is 2.22. The molecular formula is C24H22N4O4. The second-order valence-electron chi connectivity index (χ2n) is 7.67. The van der Waals surface area contributed by atoms with Gasteiger partial charge >= 0.3 is 5.97 Å². The maximum Gasteiger partial charge on any atom is 0.344 e. The Morgan fingerprint density at radius 3 is 2.59 bits per heavy atom. The predicted molar refractivity (Wildman–Crippen MR) is 118 cm³/mol. The Balaban J connectivity index is 1.85. The number of carbonyl (C=O) groups is 1. The highest BCUT2D eigenvalue weighted by molar-refractivity contribution is 6.04. The van der Waals surface area contributed by atoms with Gasteiger partial charge < -0.3 is 13.9 Å². The second kappa shape index (κ2) is 8.19. The molecule has 32 heavy (non-hydrogen) atoms. The third kappa shape index (κ3) is 3.69. The molecular weight excluding hydrogens is 408 g/mol. The number of methoxy groups -OCH3 is 1. The fraction of sp³-hybridized carbons (Fsp3) is 0.250. The number of aryl methyl sites for hydroxylation is 2. The van der Waals surface area contributed by atoms with Gasteiger partial charge in [0.05, 0.1) is 41.6 Å². The van der Waals surface area contributed by atoms with Crippen LogP contribution in [0, 0.1) is 25.2 Å². The van der Waals surface area contributed by atoms with Crippen LogP contribution in [0.25, 0.3) is 22.3 Å². The molecule has 0 atom stereocenters. The second-order valence-corrected chi connectivity index (χ2v) is 7.67. The van der Waals surface area contributed by atoms with Gasteiger partial charge in [0.25, 0.3) is 0 Å². The Kier molecular flexibility index (Phi) is 5.41. The number of esters is 1. The molecule has 0 spiro atoms. The third-order valence-corrected chi connectivity index (χ3v) is 5.09. The highest BCUT2D eigenvalue weighted by Crippen LogP contribution is 2.32. The fourth-order valence-electron chi connectivity index (χ4n) is 3.56. The van der Waals surface area contributed by atoms with Gasteiger partial charge in [0, 0.05) is 17.7 Å². The minimum atomic E-state index is -0.581. The molecule has 4 aromatic rings. The molecule has 0 unspecified atom stereocenters. The van der Waals surface area contributed by atoms with Gasteiger partial charge in [-0.3, -0.25) is 0 Å². The number of nitriles is 1. The first kappa shape index (κ1) is 21.1. The maximum atomic E-state index is 13.3. The van der Waals surface area contributed by atoms with Gasteiger partial charge in [0.2, 0.25) is 0 Å². The Labute approximate surface area is 185 Å². The van der Waals surface area contributed by atoms with E-state index in [1.54, 1.807) is 23.0 Å². The van der Waals surface area contributed by atoms with Crippen LogP contribution in [-0.2, 0) is 0 Å². The lowest BCUT2D eigenvalue weighted by Crippen LogP contribution is -2.11. The number of rotatable bonds is 5. The zero-order chi connectivity index (χ0) is 23.0. The number of nitrogens with zero attached hydrogens (tertiary/aromatic N) is 4. The van der Waals surface area contributed by atoms with E-state index >= 15 is 0 Å². The normalized spacial score (nSPS) is 11.0. The van der Waals surface area contributed by atoms with Gasteiger partial charge in [-0.1, -0.05) is 0 Å². The Bertz CT molecular complexity index is 1370. The topological polar surface area (TPSA) is 103 Å². The van der Waals surface area contributed by atoms with Gasteiger partial charge in [-0.15, -0.1) is 0 Å². The van der Waals surface area contributed by atoms with Gasteiger partial charge in [0.1, 0.15) is 11.5 Å². The zero-order valence-electron chi connectivity index (χ0n) is 18.5. The van der Waals surface area contributed by atoms with E-state index in [9.17, 15) is 4.79 Å². The molecule has 0 amide bonds. The number of furan rings is 1. The van der Waals surface area contributed by atoms with Crippen LogP contribution >= 0.6 is 0 Å². The van der Waals surface area contributed by atoms with Crippen LogP contribution in [0.15, 0.2) is 40.9 Å². The van der Waals surface area contributed by atoms with Crippen molar-refractivity contribution in [2.75, 3.05) is 7.11 Å². The van der Waals surface area contributed by atoms with Gasteiger partial charge in [-0.25, -0.2) is 14.5 Å². The smallest absolute Gasteiger partial charge is 0.344 e. The van der Waals surface area contributed by atoms with Gasteiger partial charge in [-0.2, -0.15) is 10.4 Å². The van der Waals surface area contributed by atoms with E-state index in [2.05, 4.69) is 5.10 Å². The van der Waals surface area contributed by atoms with E-state index < -0.39 is 5.97 Å². The third-order valence-electron chi connectivity index (χ3n) is 5.09. The summed E-state index contributed by atoms with van der Waals surface area (Å²) < 4.78 is 18.4. The largest absolute Gasteiger partial charge is 0.493 e. The molecule has 0 saturated carbocycles. The average molecular weight is 430 g/mol. The van der Waals surface area contributed by atoms with Crippen LogP contribution in [0.3, 0.4) is 0 Å². The number of benzene rings is 1. The summed E-state index contributed by atoms with van der Waals surface area (Å²) in [4.78, 5) is 18.1. The molecule has 3 heterocycles. The molecule has 0 aliphatic carbocycles. The molecule has 1 aromatic carbocycles. The number of aromatic nitrogens is 3. The van der Waals surface area contributed by atoms with Crippen molar-refractivity contribution in [3.63, 3.8) is 0 Å². The molecule has 8 nitrogen and oxygen atoms in total. The van der Waals surface area contributed by atoms with Crippen LogP contribution < -0.4 is 9.47 Å². The SMILES string of the molecule is COc1cc(C#N)ccc1OC(=O)c1cc(-c2cc(C)oc2C)nc2c1cnn2C(C)C. The zero-order valence-corrected chi connectivity index (χ0v) is 18.5. The first-order chi connectivity index (χ1) is 15.3. The van der Waals surface area contributed by atoms with Crippen LogP contribution in [0.4, 0.5) is 0 Å². The Hall–Kier alpha value is -4.12. The molecule has 0 aliphatic heterocycles. The van der Waals surface area contributed by atoms with Gasteiger partial charge in [0.15, 0.2) is 17.1 Å². The number of hydrogen-bond donors (Lipinski definition) is 0. The molecule has 4 rings (SSSR count). The van der Waals surface area contributed by atoms with E-state index in [0.717, 1.165) is 11.3 Å². The number of carbonyl (C=O) groups excluding carboxylic acids is 1. The first-order valence-electron chi connectivity index (χ1n) is 10.1. The fourth-order valence-corrected chi connectivity index (χ4v) is 3.56. The average Bonchev–Trinajstić information content (AvgIpc) is 3.35. The molecule has 8 heteroatoms. The minimum absolute atomic E-state index is 0.0462. The summed E-state index contributed by atoms with van der Waals surface area (Å²) in [6, 6.07) is 10.3. The van der Waals surface area contributed by atoms with Crippen molar-refractivity contribution in [1.82, 2.24) is 14.8 Å². The van der Waals surface area contributed by atoms with E-state index in [1.807, 2.05) is 39.8 Å². The molecule has 0 N–H and O–H groups in total. The Morgan fingerprint density at radius 1 is 1.19 bits per heavy atom. The summed E-state index contributed by atoms with van der Waals surface area (Å²) in [6.07, 6.45) is 1.62. The lowest BCUT2D eigenvalue weighted by atomic mass is 10.1. The van der Waals surface area contributed by atoms with Crippen LogP contribution in [0.5, 0.6) is 11.5 Å². The maximum absolute atomic E-state index is 13.3. The van der Waals surface area contributed by atoms with E-state index in [4.69, 9.17) is 24.1 Å². The summed E-state index contributed by atoms with van der Waals surface area (Å²) in [7, 11) is 1.45. The van der Waals surface area contributed by atoms with Crippen molar-refractivity contribution in [1.29, 1.82) is 5.26 Å². The Morgan fingerprint density at radius 2 is 1.97 bits per heavy atom. The standard InChI is InChI=1S/C24H22N4O4/c1-13(2)28-23-19(12-26-28)18(10-20(27-23)17-8-14(3)31-15(17)4)24(29)32-21-7-6-16(11-25)9-22(21)30-5/h6-10,12-13H,1-5H3. The number of fused-ring (bicyclic) bond motifs is 1. The summed E-state index contributed by atoms with van der Waals surface area (Å²) in [6.45, 7) is 7.70. The van der Waals surface area contributed by atoms with Crippen molar-refractivity contribution < 1.29 is 18.7 Å². The van der Waals surface area contributed by atoms with E-state index in [0.29, 0.717) is 39.4 Å². The van der Waals surface area contributed by atoms with E-state index in [-0.39, 0.29) is 11.8 Å². The van der Waals surface area contributed by atoms with E-state index in [1.165, 1.54) is 19.2 Å². The molecule has 162 valence electrons. The minimum Gasteiger partial charge on any atom is -0.493 e. The van der Waals surface area contributed by atoms with Crippen molar-refractivity contribution >= 4 is 17.0 Å². The number of hydrogen-bond acceptors (Lipinski definition) is 7. The number of ether oxygens (including phenoxy) is 2. The summed E-state index contributed by atoms with van der Waals surface area (Å²) in [5.41, 5.74) is 2.69. The molecule has 0 saturated heterocycles. The van der Waals surface area contributed by atoms with Crippen LogP contribution in [0.2, 0.25) is 0 Å². The molecule has 3 aromatic heterocycles. The van der Waals surface area contributed by atoms with Gasteiger partial charge in [-0.05, 0) is 52.0 Å². The monoisotopic (exact) mass is 430 g/mol. The molecule has 0 bridgehead atoms. The first-order valence-corrected chi connectivity index (χ1v) is 10.1. The predicted octanol–water partition coefficient (Wildman–Crippen LogP) is 4.99. The number of pyridine rings is 1.